The van der Waals surface area contributed by atoms with Gasteiger partial charge in [-0.3, -0.25) is 24.0 Å². The first-order valence-electron chi connectivity index (χ1n) is 16.7. The summed E-state index contributed by atoms with van der Waals surface area (Å²) in [4.78, 5) is 61.3. The van der Waals surface area contributed by atoms with Gasteiger partial charge in [-0.2, -0.15) is 0 Å². The fourth-order valence-electron chi connectivity index (χ4n) is 5.82. The minimum absolute atomic E-state index is 0.0427. The Hall–Kier alpha value is -4.45. The third-order valence-corrected chi connectivity index (χ3v) is 7.93. The van der Waals surface area contributed by atoms with Gasteiger partial charge in [-0.1, -0.05) is 60.7 Å². The summed E-state index contributed by atoms with van der Waals surface area (Å²) in [5.74, 6) is -3.71. The normalized spacial score (nSPS) is 28.6. The summed E-state index contributed by atoms with van der Waals surface area (Å²) >= 11 is 0. The van der Waals surface area contributed by atoms with Gasteiger partial charge in [0, 0.05) is 34.6 Å². The Balaban J connectivity index is 1.71. The maximum absolute atomic E-state index is 12.6. The van der Waals surface area contributed by atoms with Crippen LogP contribution in [0.15, 0.2) is 60.7 Å². The van der Waals surface area contributed by atoms with E-state index in [2.05, 4.69) is 5.32 Å². The maximum Gasteiger partial charge on any atom is 0.303 e. The highest BCUT2D eigenvalue weighted by atomic mass is 16.8. The highest BCUT2D eigenvalue weighted by Gasteiger charge is 2.56. The molecule has 2 fully saturated rings. The van der Waals surface area contributed by atoms with Crippen molar-refractivity contribution >= 4 is 29.8 Å². The monoisotopic (exact) mass is 731 g/mol. The van der Waals surface area contributed by atoms with Gasteiger partial charge in [-0.05, 0) is 11.1 Å². The quantitative estimate of drug-likeness (QED) is 0.197. The Labute approximate surface area is 300 Å². The van der Waals surface area contributed by atoms with Gasteiger partial charge in [0.05, 0.1) is 19.8 Å². The van der Waals surface area contributed by atoms with E-state index in [1.54, 1.807) is 0 Å². The molecular weight excluding hydrogens is 686 g/mol. The summed E-state index contributed by atoms with van der Waals surface area (Å²) < 4.78 is 52.5. The zero-order valence-electron chi connectivity index (χ0n) is 29.5. The lowest BCUT2D eigenvalue weighted by molar-refractivity contribution is -0.348. The van der Waals surface area contributed by atoms with E-state index in [9.17, 15) is 29.1 Å². The highest BCUT2D eigenvalue weighted by molar-refractivity contribution is 5.73. The van der Waals surface area contributed by atoms with Crippen LogP contribution in [0.3, 0.4) is 0 Å². The number of benzene rings is 2. The van der Waals surface area contributed by atoms with Gasteiger partial charge in [0.1, 0.15) is 37.1 Å². The van der Waals surface area contributed by atoms with Crippen LogP contribution in [0, 0.1) is 0 Å². The number of aliphatic hydroxyl groups is 1. The molecule has 0 bridgehead atoms. The van der Waals surface area contributed by atoms with Gasteiger partial charge in [-0.25, -0.2) is 0 Å². The van der Waals surface area contributed by atoms with Crippen LogP contribution in [-0.4, -0.2) is 109 Å². The first kappa shape index (κ1) is 40.3. The molecular formula is C36H45NO15. The second kappa shape index (κ2) is 19.4. The number of aliphatic hydroxyl groups excluding tert-OH is 1. The molecule has 0 unspecified atom stereocenters. The topological polar surface area (TPSA) is 201 Å². The summed E-state index contributed by atoms with van der Waals surface area (Å²) in [6.07, 6.45) is -12.8. The lowest BCUT2D eigenvalue weighted by Crippen LogP contribution is -2.69. The predicted octanol–water partition coefficient (Wildman–Crippen LogP) is 1.48. The van der Waals surface area contributed by atoms with Crippen LogP contribution in [0.5, 0.6) is 0 Å². The van der Waals surface area contributed by atoms with Crippen LogP contribution >= 0.6 is 0 Å². The van der Waals surface area contributed by atoms with Crippen molar-refractivity contribution in [1.82, 2.24) is 5.32 Å². The SMILES string of the molecule is CC(=O)N[C@H]1[C@@H](OCc2ccccc2)O[C@H](COCc2ccccc2)[C@@H](O)[C@@H]1O[C@@H]1O[C@H](COC(C)=O)[C@H](OC(C)=O)[C@H](OC(C)=O)[C@H]1OC(C)=O. The molecule has 2 aliphatic heterocycles. The van der Waals surface area contributed by atoms with E-state index in [-0.39, 0.29) is 19.8 Å². The van der Waals surface area contributed by atoms with Gasteiger partial charge >= 0.3 is 23.9 Å². The number of esters is 4. The first-order chi connectivity index (χ1) is 24.8. The average Bonchev–Trinajstić information content (AvgIpc) is 3.08. The largest absolute Gasteiger partial charge is 0.463 e. The summed E-state index contributed by atoms with van der Waals surface area (Å²) in [5, 5.41) is 14.5. The van der Waals surface area contributed by atoms with E-state index >= 15 is 0 Å². The van der Waals surface area contributed by atoms with Crippen LogP contribution in [-0.2, 0) is 79.8 Å². The number of ether oxygens (including phenoxy) is 9. The third kappa shape index (κ3) is 11.8. The van der Waals surface area contributed by atoms with Gasteiger partial charge in [0.2, 0.25) is 5.91 Å². The Morgan fingerprint density at radius 2 is 1.17 bits per heavy atom. The Kier molecular flexibility index (Phi) is 15.0. The van der Waals surface area contributed by atoms with Crippen molar-refractivity contribution in [3.05, 3.63) is 71.8 Å². The maximum atomic E-state index is 12.6. The summed E-state index contributed by atoms with van der Waals surface area (Å²) in [5.41, 5.74) is 1.65. The number of carbonyl (C=O) groups excluding carboxylic acids is 5. The van der Waals surface area contributed by atoms with E-state index in [1.807, 2.05) is 60.7 Å². The van der Waals surface area contributed by atoms with E-state index < -0.39 is 97.7 Å². The minimum atomic E-state index is -1.67. The van der Waals surface area contributed by atoms with Crippen molar-refractivity contribution in [1.29, 1.82) is 0 Å². The molecule has 2 aromatic rings. The van der Waals surface area contributed by atoms with Crippen LogP contribution < -0.4 is 5.32 Å². The zero-order chi connectivity index (χ0) is 37.8. The predicted molar refractivity (Wildman–Crippen MR) is 176 cm³/mol. The van der Waals surface area contributed by atoms with Crippen molar-refractivity contribution in [3.63, 3.8) is 0 Å². The number of hydrogen-bond donors (Lipinski definition) is 2. The molecule has 0 radical (unpaired) electrons. The van der Waals surface area contributed by atoms with E-state index in [0.29, 0.717) is 0 Å². The number of nitrogens with one attached hydrogen (secondary N) is 1. The van der Waals surface area contributed by atoms with Crippen LogP contribution in [0.25, 0.3) is 0 Å². The van der Waals surface area contributed by atoms with Gasteiger partial charge in [0.15, 0.2) is 30.9 Å². The molecule has 10 atom stereocenters. The van der Waals surface area contributed by atoms with Gasteiger partial charge < -0.3 is 53.1 Å². The number of carbonyl (C=O) groups is 5. The number of hydrogen-bond acceptors (Lipinski definition) is 15. The van der Waals surface area contributed by atoms with Crippen LogP contribution in [0.2, 0.25) is 0 Å². The van der Waals surface area contributed by atoms with Gasteiger partial charge in [-0.15, -0.1) is 0 Å². The summed E-state index contributed by atoms with van der Waals surface area (Å²) in [7, 11) is 0. The molecule has 2 N–H and O–H groups in total. The number of rotatable bonds is 15. The second-order valence-corrected chi connectivity index (χ2v) is 12.2. The van der Waals surface area contributed by atoms with Crippen molar-refractivity contribution in [3.8, 4) is 0 Å². The molecule has 16 nitrogen and oxygen atoms in total. The molecule has 284 valence electrons. The van der Waals surface area contributed by atoms with Crippen molar-refractivity contribution < 1.29 is 71.7 Å². The highest BCUT2D eigenvalue weighted by Crippen LogP contribution is 2.34. The van der Waals surface area contributed by atoms with E-state index in [1.165, 1.54) is 6.92 Å². The molecule has 0 spiro atoms. The second-order valence-electron chi connectivity index (χ2n) is 12.2. The molecule has 52 heavy (non-hydrogen) atoms. The molecule has 2 heterocycles. The molecule has 0 saturated carbocycles. The molecule has 0 aliphatic carbocycles. The zero-order valence-corrected chi connectivity index (χ0v) is 29.5. The minimum Gasteiger partial charge on any atom is -0.463 e. The van der Waals surface area contributed by atoms with Crippen LogP contribution in [0.4, 0.5) is 0 Å². The lowest BCUT2D eigenvalue weighted by atomic mass is 9.95. The van der Waals surface area contributed by atoms with Crippen molar-refractivity contribution in [2.24, 2.45) is 0 Å². The standard InChI is InChI=1S/C36H45NO15/c1-20(38)37-29-32(30(43)27(18-44-16-25-12-8-6-9-13-25)50-35(29)46-17-26-14-10-7-11-15-26)52-36-34(49-24(5)42)33(48-23(4)41)31(47-22(3)40)28(51-36)19-45-21(2)39/h6-15,27-36,43H,16-19H2,1-5H3,(H,37,38)/t27-,28-,29-,30-,31+,32-,33+,34-,35+,36+/m1/s1. The van der Waals surface area contributed by atoms with E-state index in [4.69, 9.17) is 42.6 Å². The van der Waals surface area contributed by atoms with Crippen LogP contribution in [0.1, 0.15) is 45.7 Å². The van der Waals surface area contributed by atoms with Crippen molar-refractivity contribution in [2.45, 2.75) is 109 Å². The summed E-state index contributed by atoms with van der Waals surface area (Å²) in [6, 6.07) is 17.3. The Morgan fingerprint density at radius 1 is 0.635 bits per heavy atom. The fourth-order valence-corrected chi connectivity index (χ4v) is 5.82. The Morgan fingerprint density at radius 3 is 1.73 bits per heavy atom. The van der Waals surface area contributed by atoms with E-state index in [0.717, 1.165) is 38.8 Å². The molecule has 0 aromatic heterocycles. The molecule has 16 heteroatoms. The lowest BCUT2D eigenvalue weighted by Gasteiger charge is -2.48. The Bertz CT molecular complexity index is 1490. The van der Waals surface area contributed by atoms with Gasteiger partial charge in [0.25, 0.3) is 0 Å². The molecule has 2 aliphatic rings. The molecule has 2 saturated heterocycles. The average molecular weight is 732 g/mol. The summed E-state index contributed by atoms with van der Waals surface area (Å²) in [6.45, 7) is 5.26. The van der Waals surface area contributed by atoms with Crippen molar-refractivity contribution in [2.75, 3.05) is 13.2 Å². The smallest absolute Gasteiger partial charge is 0.303 e. The first-order valence-corrected chi connectivity index (χ1v) is 16.7. The molecule has 1 amide bonds. The molecule has 4 rings (SSSR count). The number of amides is 1. The molecule has 2 aromatic carbocycles. The third-order valence-electron chi connectivity index (χ3n) is 7.93. The fraction of sp³-hybridized carbons (Fsp3) is 0.528.